The van der Waals surface area contributed by atoms with Crippen molar-refractivity contribution in [3.8, 4) is 11.5 Å². The Bertz CT molecular complexity index is 524. The summed E-state index contributed by atoms with van der Waals surface area (Å²) >= 11 is 1.52. The molecule has 2 aromatic rings. The van der Waals surface area contributed by atoms with Crippen molar-refractivity contribution in [2.75, 3.05) is 0 Å². The van der Waals surface area contributed by atoms with Gasteiger partial charge in [0.2, 0.25) is 0 Å². The van der Waals surface area contributed by atoms with Crippen LogP contribution in [0, 0.1) is 0 Å². The number of carbonyl (C=O) groups is 1. The molecular formula is C10H9N3O2S. The minimum atomic E-state index is -1.06. The monoisotopic (exact) mass is 235 g/mol. The molecule has 2 aromatic heterocycles. The van der Waals surface area contributed by atoms with E-state index in [1.807, 2.05) is 12.3 Å². The average Bonchev–Trinajstić information content (AvgIpc) is 2.77. The first kappa shape index (κ1) is 10.7. The van der Waals surface area contributed by atoms with Crippen molar-refractivity contribution in [1.29, 1.82) is 0 Å². The molecule has 16 heavy (non-hydrogen) atoms. The molecule has 2 heterocycles. The van der Waals surface area contributed by atoms with Gasteiger partial charge in [-0.1, -0.05) is 6.92 Å². The Hall–Kier alpha value is -1.82. The fourth-order valence-corrected chi connectivity index (χ4v) is 1.90. The average molecular weight is 235 g/mol. The van der Waals surface area contributed by atoms with Crippen LogP contribution in [0.5, 0.6) is 0 Å². The highest BCUT2D eigenvalue weighted by Gasteiger charge is 2.10. The zero-order valence-corrected chi connectivity index (χ0v) is 9.36. The molecule has 0 bridgehead atoms. The van der Waals surface area contributed by atoms with Gasteiger partial charge >= 0.3 is 5.97 Å². The molecular weight excluding hydrogens is 226 g/mol. The summed E-state index contributed by atoms with van der Waals surface area (Å²) < 4.78 is 0. The summed E-state index contributed by atoms with van der Waals surface area (Å²) in [6.07, 6.45) is 2.28. The summed E-state index contributed by atoms with van der Waals surface area (Å²) in [4.78, 5) is 23.0. The van der Waals surface area contributed by atoms with E-state index < -0.39 is 5.97 Å². The van der Waals surface area contributed by atoms with Crippen molar-refractivity contribution in [1.82, 2.24) is 15.0 Å². The van der Waals surface area contributed by atoms with Gasteiger partial charge in [-0.25, -0.2) is 19.7 Å². The maximum Gasteiger partial charge on any atom is 0.354 e. The second-order valence-corrected chi connectivity index (χ2v) is 3.99. The van der Waals surface area contributed by atoms with Gasteiger partial charge in [0.05, 0.1) is 5.01 Å². The highest BCUT2D eigenvalue weighted by molar-refractivity contribution is 7.09. The lowest BCUT2D eigenvalue weighted by atomic mass is 10.3. The Morgan fingerprint density at radius 2 is 2.31 bits per heavy atom. The fourth-order valence-electron chi connectivity index (χ4n) is 1.18. The molecule has 0 aliphatic heterocycles. The van der Waals surface area contributed by atoms with Crippen LogP contribution in [0.15, 0.2) is 17.6 Å². The lowest BCUT2D eigenvalue weighted by Crippen LogP contribution is -2.02. The van der Waals surface area contributed by atoms with Gasteiger partial charge < -0.3 is 5.11 Å². The summed E-state index contributed by atoms with van der Waals surface area (Å²) in [6.45, 7) is 2.01. The number of nitrogens with zero attached hydrogens (tertiary/aromatic N) is 3. The Labute approximate surface area is 95.8 Å². The molecule has 0 aliphatic rings. The van der Waals surface area contributed by atoms with Crippen LogP contribution in [-0.2, 0) is 6.42 Å². The Morgan fingerprint density at radius 3 is 2.94 bits per heavy atom. The van der Waals surface area contributed by atoms with Crippen LogP contribution in [0.2, 0.25) is 0 Å². The van der Waals surface area contributed by atoms with Crippen molar-refractivity contribution >= 4 is 17.3 Å². The van der Waals surface area contributed by atoms with E-state index in [-0.39, 0.29) is 5.69 Å². The molecule has 0 saturated heterocycles. The number of aryl methyl sites for hydroxylation is 1. The molecule has 0 spiro atoms. The first-order chi connectivity index (χ1) is 7.70. The van der Waals surface area contributed by atoms with Crippen molar-refractivity contribution in [3.05, 3.63) is 28.3 Å². The van der Waals surface area contributed by atoms with Crippen molar-refractivity contribution in [3.63, 3.8) is 0 Å². The fraction of sp³-hybridized carbons (Fsp3) is 0.200. The second kappa shape index (κ2) is 4.36. The molecule has 0 unspecified atom stereocenters. The van der Waals surface area contributed by atoms with Gasteiger partial charge in [-0.05, 0) is 12.5 Å². The summed E-state index contributed by atoms with van der Waals surface area (Å²) in [6, 6.07) is 1.36. The third kappa shape index (κ3) is 2.06. The van der Waals surface area contributed by atoms with Crippen LogP contribution in [0.25, 0.3) is 11.5 Å². The maximum absolute atomic E-state index is 10.7. The molecule has 5 nitrogen and oxygen atoms in total. The van der Waals surface area contributed by atoms with E-state index in [0.29, 0.717) is 11.5 Å². The topological polar surface area (TPSA) is 76.0 Å². The summed E-state index contributed by atoms with van der Waals surface area (Å²) in [5.74, 6) is -0.703. The third-order valence-electron chi connectivity index (χ3n) is 1.96. The number of aromatic carboxylic acids is 1. The first-order valence-electron chi connectivity index (χ1n) is 4.72. The van der Waals surface area contributed by atoms with Crippen molar-refractivity contribution < 1.29 is 9.90 Å². The highest BCUT2D eigenvalue weighted by atomic mass is 32.1. The molecule has 0 aliphatic carbocycles. The van der Waals surface area contributed by atoms with E-state index >= 15 is 0 Å². The quantitative estimate of drug-likeness (QED) is 0.878. The van der Waals surface area contributed by atoms with E-state index in [1.165, 1.54) is 23.6 Å². The van der Waals surface area contributed by atoms with Crippen LogP contribution >= 0.6 is 11.3 Å². The predicted molar refractivity (Wildman–Crippen MR) is 59.5 cm³/mol. The van der Waals surface area contributed by atoms with E-state index in [2.05, 4.69) is 15.0 Å². The summed E-state index contributed by atoms with van der Waals surface area (Å²) in [7, 11) is 0. The number of rotatable bonds is 3. The minimum absolute atomic E-state index is 0.0175. The second-order valence-electron chi connectivity index (χ2n) is 3.05. The normalized spacial score (nSPS) is 10.3. The van der Waals surface area contributed by atoms with Gasteiger partial charge in [-0.15, -0.1) is 11.3 Å². The van der Waals surface area contributed by atoms with Gasteiger partial charge in [0.1, 0.15) is 5.69 Å². The molecule has 0 amide bonds. The smallest absolute Gasteiger partial charge is 0.354 e. The minimum Gasteiger partial charge on any atom is -0.477 e. The summed E-state index contributed by atoms with van der Waals surface area (Å²) in [5.41, 5.74) is 0.612. The number of carboxylic acid groups (broad SMARTS) is 1. The van der Waals surface area contributed by atoms with Gasteiger partial charge in [-0.2, -0.15) is 0 Å². The SMILES string of the molecule is CCc1nc(-c2nccc(C(=O)O)n2)cs1. The molecule has 1 N–H and O–H groups in total. The van der Waals surface area contributed by atoms with Crippen LogP contribution in [0.1, 0.15) is 22.4 Å². The van der Waals surface area contributed by atoms with Gasteiger partial charge in [0.15, 0.2) is 11.5 Å². The number of hydrogen-bond acceptors (Lipinski definition) is 5. The molecule has 0 saturated carbocycles. The molecule has 0 aromatic carbocycles. The number of aromatic nitrogens is 3. The zero-order chi connectivity index (χ0) is 11.5. The van der Waals surface area contributed by atoms with Crippen LogP contribution < -0.4 is 0 Å². The van der Waals surface area contributed by atoms with E-state index in [0.717, 1.165) is 11.4 Å². The molecule has 2 rings (SSSR count). The molecule has 0 atom stereocenters. The maximum atomic E-state index is 10.7. The highest BCUT2D eigenvalue weighted by Crippen LogP contribution is 2.18. The molecule has 6 heteroatoms. The van der Waals surface area contributed by atoms with Gasteiger partial charge in [0.25, 0.3) is 0 Å². The lowest BCUT2D eigenvalue weighted by Gasteiger charge is -1.96. The number of thiazole rings is 1. The van der Waals surface area contributed by atoms with Crippen molar-refractivity contribution in [2.24, 2.45) is 0 Å². The van der Waals surface area contributed by atoms with Gasteiger partial charge in [-0.3, -0.25) is 0 Å². The van der Waals surface area contributed by atoms with Crippen LogP contribution in [0.3, 0.4) is 0 Å². The Morgan fingerprint density at radius 1 is 1.50 bits per heavy atom. The Balaban J connectivity index is 2.40. The van der Waals surface area contributed by atoms with Gasteiger partial charge in [0, 0.05) is 11.6 Å². The molecule has 82 valence electrons. The number of carboxylic acids is 1. The predicted octanol–water partition coefficient (Wildman–Crippen LogP) is 1.86. The largest absolute Gasteiger partial charge is 0.477 e. The molecule has 0 radical (unpaired) electrons. The van der Waals surface area contributed by atoms with E-state index in [4.69, 9.17) is 5.11 Å². The third-order valence-corrected chi connectivity index (χ3v) is 2.95. The Kier molecular flexibility index (Phi) is 2.91. The van der Waals surface area contributed by atoms with E-state index in [9.17, 15) is 4.79 Å². The standard InChI is InChI=1S/C10H9N3O2S/c1-2-8-12-7(5-16-8)9-11-4-3-6(13-9)10(14)15/h3-5H,2H2,1H3,(H,14,15). The molecule has 0 fully saturated rings. The first-order valence-corrected chi connectivity index (χ1v) is 5.59. The van der Waals surface area contributed by atoms with Crippen molar-refractivity contribution in [2.45, 2.75) is 13.3 Å². The zero-order valence-electron chi connectivity index (χ0n) is 8.54. The number of hydrogen-bond donors (Lipinski definition) is 1. The van der Waals surface area contributed by atoms with E-state index in [1.54, 1.807) is 0 Å². The van der Waals surface area contributed by atoms with Crippen LogP contribution in [0.4, 0.5) is 0 Å². The summed E-state index contributed by atoms with van der Waals surface area (Å²) in [5, 5.41) is 11.6. The van der Waals surface area contributed by atoms with Crippen LogP contribution in [-0.4, -0.2) is 26.0 Å². The lowest BCUT2D eigenvalue weighted by molar-refractivity contribution is 0.0690.